The van der Waals surface area contributed by atoms with E-state index in [1.165, 1.54) is 70.6 Å². The zero-order chi connectivity index (χ0) is 12.9. The van der Waals surface area contributed by atoms with Crippen LogP contribution in [-0.4, -0.2) is 0 Å². The van der Waals surface area contributed by atoms with E-state index in [1.807, 2.05) is 0 Å². The Morgan fingerprint density at radius 1 is 0.850 bits per heavy atom. The van der Waals surface area contributed by atoms with Gasteiger partial charge in [-0.25, -0.2) is 0 Å². The second-order valence-electron chi connectivity index (χ2n) is 6.72. The summed E-state index contributed by atoms with van der Waals surface area (Å²) in [5.74, 6) is 1.97. The molecule has 0 nitrogen and oxygen atoms in total. The average Bonchev–Trinajstić information content (AvgIpc) is 3.30. The third-order valence-corrected chi connectivity index (χ3v) is 5.11. The summed E-state index contributed by atoms with van der Waals surface area (Å²) in [6, 6.07) is 9.18. The molecule has 0 aromatic heterocycles. The lowest BCUT2D eigenvalue weighted by molar-refractivity contribution is 0.330. The summed E-state index contributed by atoms with van der Waals surface area (Å²) in [7, 11) is 0. The summed E-state index contributed by atoms with van der Waals surface area (Å²) < 4.78 is 0. The van der Waals surface area contributed by atoms with Crippen molar-refractivity contribution in [1.82, 2.24) is 0 Å². The monoisotopic (exact) mass is 292 g/mol. The first-order valence-electron chi connectivity index (χ1n) is 8.51. The van der Waals surface area contributed by atoms with Gasteiger partial charge >= 0.3 is 0 Å². The Balaban J connectivity index is 0.00000147. The maximum atomic E-state index is 2.37. The van der Waals surface area contributed by atoms with Gasteiger partial charge in [0.15, 0.2) is 0 Å². The molecule has 20 heavy (non-hydrogen) atoms. The molecule has 2 saturated carbocycles. The molecular formula is C19H29Cl. The van der Waals surface area contributed by atoms with Crippen molar-refractivity contribution in [2.45, 2.75) is 76.5 Å². The number of rotatable bonds is 6. The van der Waals surface area contributed by atoms with Crippen LogP contribution in [0.1, 0.15) is 81.3 Å². The Bertz CT molecular complexity index is 389. The predicted molar refractivity (Wildman–Crippen MR) is 89.8 cm³/mol. The smallest absolute Gasteiger partial charge is 0.0159 e. The Morgan fingerprint density at radius 2 is 1.60 bits per heavy atom. The molecule has 2 aliphatic rings. The molecular weight excluding hydrogens is 264 g/mol. The first-order valence-corrected chi connectivity index (χ1v) is 8.51. The van der Waals surface area contributed by atoms with Gasteiger partial charge in [0.1, 0.15) is 0 Å². The molecule has 112 valence electrons. The fourth-order valence-electron chi connectivity index (χ4n) is 3.78. The highest BCUT2D eigenvalue weighted by molar-refractivity contribution is 5.85. The van der Waals surface area contributed by atoms with Crippen molar-refractivity contribution in [2.24, 2.45) is 5.92 Å². The van der Waals surface area contributed by atoms with Gasteiger partial charge < -0.3 is 0 Å². The Hall–Kier alpha value is -0.490. The van der Waals surface area contributed by atoms with Crippen LogP contribution in [0.2, 0.25) is 0 Å². The summed E-state index contributed by atoms with van der Waals surface area (Å²) in [6.07, 6.45) is 16.0. The highest BCUT2D eigenvalue weighted by atomic mass is 35.5. The molecule has 0 bridgehead atoms. The second kappa shape index (κ2) is 8.08. The summed E-state index contributed by atoms with van der Waals surface area (Å²) in [4.78, 5) is 0. The zero-order valence-electron chi connectivity index (χ0n) is 12.7. The fourth-order valence-corrected chi connectivity index (χ4v) is 3.78. The van der Waals surface area contributed by atoms with Gasteiger partial charge in [-0.05, 0) is 48.6 Å². The van der Waals surface area contributed by atoms with Crippen LogP contribution in [0, 0.1) is 5.92 Å². The van der Waals surface area contributed by atoms with E-state index >= 15 is 0 Å². The number of hydrogen-bond donors (Lipinski definition) is 0. The molecule has 0 unspecified atom stereocenters. The summed E-state index contributed by atoms with van der Waals surface area (Å²) in [5, 5.41) is 0. The summed E-state index contributed by atoms with van der Waals surface area (Å²) >= 11 is 0. The van der Waals surface area contributed by atoms with Crippen LogP contribution in [0.15, 0.2) is 24.3 Å². The Labute approximate surface area is 130 Å². The van der Waals surface area contributed by atoms with Gasteiger partial charge in [-0.3, -0.25) is 0 Å². The minimum atomic E-state index is 0. The molecule has 0 saturated heterocycles. The maximum absolute atomic E-state index is 2.37. The number of aryl methyl sites for hydroxylation is 1. The van der Waals surface area contributed by atoms with Crippen LogP contribution < -0.4 is 0 Å². The van der Waals surface area contributed by atoms with Gasteiger partial charge in [-0.1, -0.05) is 69.2 Å². The largest absolute Gasteiger partial charge is 0.147 e. The van der Waals surface area contributed by atoms with E-state index in [4.69, 9.17) is 0 Å². The Kier molecular flexibility index (Phi) is 6.42. The minimum Gasteiger partial charge on any atom is -0.147 e. The molecule has 3 rings (SSSR count). The van der Waals surface area contributed by atoms with Gasteiger partial charge in [0, 0.05) is 0 Å². The van der Waals surface area contributed by atoms with E-state index < -0.39 is 0 Å². The van der Waals surface area contributed by atoms with Gasteiger partial charge in [0.2, 0.25) is 0 Å². The summed E-state index contributed by atoms with van der Waals surface area (Å²) in [6.45, 7) is 0. The van der Waals surface area contributed by atoms with E-state index in [1.54, 1.807) is 11.1 Å². The quantitative estimate of drug-likeness (QED) is 0.541. The molecule has 0 aliphatic heterocycles. The van der Waals surface area contributed by atoms with Crippen LogP contribution in [0.4, 0.5) is 0 Å². The number of hydrogen-bond acceptors (Lipinski definition) is 0. The first kappa shape index (κ1) is 15.9. The van der Waals surface area contributed by atoms with Gasteiger partial charge in [0.25, 0.3) is 0 Å². The molecule has 2 fully saturated rings. The molecule has 1 heteroatoms. The van der Waals surface area contributed by atoms with E-state index in [0.29, 0.717) is 0 Å². The first-order chi connectivity index (χ1) is 9.43. The van der Waals surface area contributed by atoms with Crippen molar-refractivity contribution in [2.75, 3.05) is 0 Å². The predicted octanol–water partition coefficient (Wildman–Crippen LogP) is 6.28. The van der Waals surface area contributed by atoms with E-state index in [0.717, 1.165) is 11.8 Å². The second-order valence-corrected chi connectivity index (χ2v) is 6.72. The van der Waals surface area contributed by atoms with Crippen molar-refractivity contribution in [1.29, 1.82) is 0 Å². The highest BCUT2D eigenvalue weighted by Gasteiger charge is 2.25. The third-order valence-electron chi connectivity index (χ3n) is 5.11. The molecule has 0 heterocycles. The minimum absolute atomic E-state index is 0. The third kappa shape index (κ3) is 4.52. The van der Waals surface area contributed by atoms with Gasteiger partial charge in [-0.2, -0.15) is 0 Å². The van der Waals surface area contributed by atoms with E-state index in [9.17, 15) is 0 Å². The molecule has 0 amide bonds. The van der Waals surface area contributed by atoms with Crippen molar-refractivity contribution in [3.05, 3.63) is 35.4 Å². The molecule has 1 aromatic carbocycles. The molecule has 0 radical (unpaired) electrons. The summed E-state index contributed by atoms with van der Waals surface area (Å²) in [5.41, 5.74) is 3.31. The standard InChI is InChI=1S/C19H28.ClH/c1-2-8-16(9-3-1)10-4-5-11-17-12-6-7-13-19(17)18-14-15-18;/h6-7,12-13,16,18H,1-5,8-11,14-15H2;1H. The molecule has 1 aromatic rings. The highest BCUT2D eigenvalue weighted by Crippen LogP contribution is 2.41. The van der Waals surface area contributed by atoms with Crippen LogP contribution in [0.25, 0.3) is 0 Å². The SMILES string of the molecule is Cl.c1ccc(C2CC2)c(CCCCC2CCCCC2)c1. The average molecular weight is 293 g/mol. The van der Waals surface area contributed by atoms with Crippen LogP contribution in [0.3, 0.4) is 0 Å². The van der Waals surface area contributed by atoms with Crippen molar-refractivity contribution >= 4 is 12.4 Å². The lowest BCUT2D eigenvalue weighted by Gasteiger charge is -2.21. The molecule has 2 aliphatic carbocycles. The maximum Gasteiger partial charge on any atom is -0.0159 e. The lowest BCUT2D eigenvalue weighted by Crippen LogP contribution is -2.06. The van der Waals surface area contributed by atoms with E-state index in [-0.39, 0.29) is 12.4 Å². The fraction of sp³-hybridized carbons (Fsp3) is 0.684. The Morgan fingerprint density at radius 3 is 2.35 bits per heavy atom. The van der Waals surface area contributed by atoms with Crippen molar-refractivity contribution in [3.8, 4) is 0 Å². The molecule has 0 spiro atoms. The number of halogens is 1. The number of unbranched alkanes of at least 4 members (excludes halogenated alkanes) is 1. The topological polar surface area (TPSA) is 0 Å². The van der Waals surface area contributed by atoms with Gasteiger partial charge in [-0.15, -0.1) is 12.4 Å². The lowest BCUT2D eigenvalue weighted by atomic mass is 9.85. The van der Waals surface area contributed by atoms with Crippen LogP contribution >= 0.6 is 12.4 Å². The van der Waals surface area contributed by atoms with Crippen molar-refractivity contribution in [3.63, 3.8) is 0 Å². The normalized spacial score (nSPS) is 19.6. The zero-order valence-corrected chi connectivity index (χ0v) is 13.5. The van der Waals surface area contributed by atoms with Crippen molar-refractivity contribution < 1.29 is 0 Å². The van der Waals surface area contributed by atoms with Crippen LogP contribution in [-0.2, 0) is 6.42 Å². The van der Waals surface area contributed by atoms with E-state index in [2.05, 4.69) is 24.3 Å². The number of benzene rings is 1. The molecule has 0 N–H and O–H groups in total. The van der Waals surface area contributed by atoms with Gasteiger partial charge in [0.05, 0.1) is 0 Å². The van der Waals surface area contributed by atoms with Crippen LogP contribution in [0.5, 0.6) is 0 Å². The molecule has 0 atom stereocenters.